The number of nitrogens with zero attached hydrogens (tertiary/aromatic N) is 3. The summed E-state index contributed by atoms with van der Waals surface area (Å²) in [6.07, 6.45) is 6.92. The van der Waals surface area contributed by atoms with Gasteiger partial charge in [0.1, 0.15) is 0 Å². The Kier molecular flexibility index (Phi) is 0.992. The van der Waals surface area contributed by atoms with Crippen molar-refractivity contribution in [2.24, 2.45) is 41.5 Å². The van der Waals surface area contributed by atoms with E-state index in [1.54, 1.807) is 7.05 Å². The minimum atomic E-state index is -0.0841. The van der Waals surface area contributed by atoms with E-state index in [1.165, 1.54) is 4.57 Å². The van der Waals surface area contributed by atoms with Crippen molar-refractivity contribution in [2.75, 3.05) is 0 Å². The Hall–Kier alpha value is -1.52. The van der Waals surface area contributed by atoms with Crippen LogP contribution in [0, 0.1) is 34.5 Å². The molecule has 0 aromatic carbocycles. The van der Waals surface area contributed by atoms with Crippen LogP contribution in [0.1, 0.15) is 24.9 Å². The van der Waals surface area contributed by atoms with E-state index in [9.17, 15) is 9.59 Å². The molecule has 5 aliphatic carbocycles. The highest BCUT2D eigenvalue weighted by atomic mass is 16.2. The van der Waals surface area contributed by atoms with Crippen molar-refractivity contribution in [3.05, 3.63) is 33.1 Å². The first-order valence-corrected chi connectivity index (χ1v) is 7.73. The lowest BCUT2D eigenvalue weighted by molar-refractivity contribution is -0.00147. The molecule has 8 rings (SSSR count). The van der Waals surface area contributed by atoms with E-state index < -0.39 is 0 Å². The van der Waals surface area contributed by atoms with E-state index in [1.807, 2.05) is 9.36 Å². The van der Waals surface area contributed by atoms with Gasteiger partial charge in [0.25, 0.3) is 0 Å². The van der Waals surface area contributed by atoms with E-state index in [2.05, 4.69) is 12.2 Å². The van der Waals surface area contributed by atoms with Gasteiger partial charge in [0, 0.05) is 17.9 Å². The molecule has 0 saturated heterocycles. The Morgan fingerprint density at radius 3 is 1.95 bits per heavy atom. The molecular weight excluding hydrogens is 254 g/mol. The fraction of sp³-hybridized carbons (Fsp3) is 0.733. The Labute approximate surface area is 114 Å². The zero-order valence-electron chi connectivity index (χ0n) is 11.2. The Morgan fingerprint density at radius 2 is 1.45 bits per heavy atom. The van der Waals surface area contributed by atoms with Crippen molar-refractivity contribution in [1.82, 2.24) is 13.9 Å². The van der Waals surface area contributed by atoms with Gasteiger partial charge in [-0.2, -0.15) is 0 Å². The van der Waals surface area contributed by atoms with Crippen LogP contribution < -0.4 is 11.4 Å². The van der Waals surface area contributed by atoms with E-state index in [4.69, 9.17) is 0 Å². The molecule has 2 bridgehead atoms. The van der Waals surface area contributed by atoms with E-state index in [0.717, 1.165) is 24.7 Å². The van der Waals surface area contributed by atoms with Gasteiger partial charge in [-0.05, 0) is 36.5 Å². The largest absolute Gasteiger partial charge is 0.347 e. The number of allylic oxidation sites excluding steroid dienone is 2. The fourth-order valence-electron chi connectivity index (χ4n) is 7.92. The summed E-state index contributed by atoms with van der Waals surface area (Å²) >= 11 is 0. The summed E-state index contributed by atoms with van der Waals surface area (Å²) in [6.45, 7) is 0. The zero-order chi connectivity index (χ0) is 13.2. The van der Waals surface area contributed by atoms with Crippen molar-refractivity contribution in [3.63, 3.8) is 0 Å². The second kappa shape index (κ2) is 2.11. The fourth-order valence-corrected chi connectivity index (χ4v) is 7.92. The predicted molar refractivity (Wildman–Crippen MR) is 69.2 cm³/mol. The quantitative estimate of drug-likeness (QED) is 0.635. The molecule has 4 fully saturated rings. The summed E-state index contributed by atoms with van der Waals surface area (Å²) in [5.41, 5.74) is 0.515. The molecule has 5 nitrogen and oxygen atoms in total. The van der Waals surface area contributed by atoms with Gasteiger partial charge in [0.05, 0.1) is 12.1 Å². The van der Waals surface area contributed by atoms with Crippen molar-refractivity contribution in [2.45, 2.75) is 24.9 Å². The van der Waals surface area contributed by atoms with Crippen LogP contribution in [0.25, 0.3) is 0 Å². The molecule has 4 saturated carbocycles. The van der Waals surface area contributed by atoms with Crippen LogP contribution in [-0.4, -0.2) is 13.9 Å². The molecule has 0 radical (unpaired) electrons. The summed E-state index contributed by atoms with van der Waals surface area (Å²) in [6, 6.07) is 0.637. The van der Waals surface area contributed by atoms with Crippen molar-refractivity contribution in [3.8, 4) is 0 Å². The van der Waals surface area contributed by atoms with Gasteiger partial charge in [-0.1, -0.05) is 12.2 Å². The minimum absolute atomic E-state index is 0.0841. The maximum absolute atomic E-state index is 12.5. The second-order valence-corrected chi connectivity index (χ2v) is 7.87. The Balaban J connectivity index is 1.69. The normalized spacial score (nSPS) is 60.5. The summed E-state index contributed by atoms with van der Waals surface area (Å²) in [5, 5.41) is 0. The number of rotatable bonds is 0. The topological polar surface area (TPSA) is 48.9 Å². The van der Waals surface area contributed by atoms with Crippen LogP contribution >= 0.6 is 0 Å². The first-order valence-electron chi connectivity index (χ1n) is 7.73. The van der Waals surface area contributed by atoms with Crippen LogP contribution in [0.2, 0.25) is 0 Å². The molecule has 20 heavy (non-hydrogen) atoms. The standard InChI is InChI=1S/C15H15N3O2/c1-16-12(19)17-10-7-6-8(7)11(18(17)13(16)20)15-5-3-2-4-14(10,15)9(6)15/h2-3,6-11H,4-5H2,1H3/t6?,7-,8-,9?,10-,11+,14-,15+/m0/s1. The summed E-state index contributed by atoms with van der Waals surface area (Å²) in [5.74, 6) is 3.03. The van der Waals surface area contributed by atoms with Crippen LogP contribution in [0.15, 0.2) is 21.7 Å². The molecular formula is C15H15N3O2. The maximum atomic E-state index is 12.5. The molecule has 1 aromatic heterocycles. The minimum Gasteiger partial charge on any atom is -0.246 e. The lowest BCUT2D eigenvalue weighted by Gasteiger charge is -2.49. The molecule has 0 amide bonds. The van der Waals surface area contributed by atoms with Crippen LogP contribution in [0.3, 0.4) is 0 Å². The van der Waals surface area contributed by atoms with Gasteiger partial charge in [-0.3, -0.25) is 0 Å². The van der Waals surface area contributed by atoms with Crippen LogP contribution in [0.5, 0.6) is 0 Å². The lowest BCUT2D eigenvalue weighted by atomic mass is 9.67. The first-order chi connectivity index (χ1) is 9.68. The first kappa shape index (κ1) is 9.42. The van der Waals surface area contributed by atoms with Gasteiger partial charge >= 0.3 is 11.4 Å². The third-order valence-electron chi connectivity index (χ3n) is 8.06. The average Bonchev–Trinajstić information content (AvgIpc) is 3.24. The number of aromatic nitrogens is 3. The molecule has 3 heterocycles. The Bertz CT molecular complexity index is 820. The Morgan fingerprint density at radius 1 is 0.950 bits per heavy atom. The highest BCUT2D eigenvalue weighted by molar-refractivity contribution is 5.50. The number of hydrogen-bond acceptors (Lipinski definition) is 2. The van der Waals surface area contributed by atoms with E-state index in [0.29, 0.717) is 34.7 Å². The zero-order valence-corrected chi connectivity index (χ0v) is 11.2. The monoisotopic (exact) mass is 269 g/mol. The van der Waals surface area contributed by atoms with Gasteiger partial charge in [-0.25, -0.2) is 23.5 Å². The highest BCUT2D eigenvalue weighted by Gasteiger charge is 3.02. The summed E-state index contributed by atoms with van der Waals surface area (Å²) in [7, 11) is 1.63. The van der Waals surface area contributed by atoms with Gasteiger partial charge in [0.2, 0.25) is 0 Å². The van der Waals surface area contributed by atoms with E-state index >= 15 is 0 Å². The molecule has 2 aliphatic heterocycles. The van der Waals surface area contributed by atoms with E-state index in [-0.39, 0.29) is 11.4 Å². The van der Waals surface area contributed by atoms with Crippen molar-refractivity contribution in [1.29, 1.82) is 0 Å². The molecule has 102 valence electrons. The third-order valence-corrected chi connectivity index (χ3v) is 8.06. The lowest BCUT2D eigenvalue weighted by Crippen LogP contribution is -2.53. The SMILES string of the molecule is Cn1c(=O)n2n(c1=O)[C@@H]1[C@H]3C4C5[C@@]6(CC=CC[C@@]516)[C@@H]2[C@@H]43. The second-order valence-electron chi connectivity index (χ2n) is 7.87. The molecule has 5 heteroatoms. The molecule has 7 aliphatic rings. The summed E-state index contributed by atoms with van der Waals surface area (Å²) in [4.78, 5) is 25.0. The average molecular weight is 269 g/mol. The van der Waals surface area contributed by atoms with Crippen LogP contribution in [-0.2, 0) is 7.05 Å². The highest BCUT2D eigenvalue weighted by Crippen LogP contribution is 3.04. The maximum Gasteiger partial charge on any atom is 0.347 e. The predicted octanol–water partition coefficient (Wildman–Crippen LogP) is 0.286. The van der Waals surface area contributed by atoms with Crippen molar-refractivity contribution < 1.29 is 0 Å². The molecule has 0 N–H and O–H groups in total. The number of hydrogen-bond donors (Lipinski definition) is 0. The van der Waals surface area contributed by atoms with Gasteiger partial charge in [0.15, 0.2) is 0 Å². The summed E-state index contributed by atoms with van der Waals surface area (Å²) < 4.78 is 5.06. The molecule has 1 aromatic rings. The molecule has 2 spiro atoms. The van der Waals surface area contributed by atoms with Gasteiger partial charge in [-0.15, -0.1) is 0 Å². The molecule has 2 unspecified atom stereocenters. The van der Waals surface area contributed by atoms with Crippen molar-refractivity contribution >= 4 is 0 Å². The smallest absolute Gasteiger partial charge is 0.246 e. The third kappa shape index (κ3) is 0.504. The van der Waals surface area contributed by atoms with Gasteiger partial charge < -0.3 is 0 Å². The molecule has 8 atom stereocenters. The van der Waals surface area contributed by atoms with Crippen LogP contribution in [0.4, 0.5) is 0 Å².